The van der Waals surface area contributed by atoms with Crippen LogP contribution in [0.3, 0.4) is 0 Å². The van der Waals surface area contributed by atoms with E-state index in [-0.39, 0.29) is 25.7 Å². The van der Waals surface area contributed by atoms with Crippen LogP contribution in [0.5, 0.6) is 0 Å². The first-order valence-electron chi connectivity index (χ1n) is 9.04. The summed E-state index contributed by atoms with van der Waals surface area (Å²) in [6.07, 6.45) is -1.45. The van der Waals surface area contributed by atoms with Gasteiger partial charge in [0.15, 0.2) is 0 Å². The molecule has 0 heterocycles. The zero-order valence-corrected chi connectivity index (χ0v) is 18.7. The van der Waals surface area contributed by atoms with Crippen molar-refractivity contribution < 1.29 is 45.3 Å². The highest BCUT2D eigenvalue weighted by Crippen LogP contribution is 2.55. The SMILES string of the molecule is OC([C@H]1CCC/C1=N/N=C1/CCC[C@@H]1C(O)(C(F)(F)Cl)C(F)(F)Cl)(C(F)(F)Cl)C(F)(F)Cl. The summed E-state index contributed by atoms with van der Waals surface area (Å²) >= 11 is 18.9. The molecule has 0 aromatic carbocycles. The Morgan fingerprint density at radius 2 is 0.844 bits per heavy atom. The minimum atomic E-state index is -4.92. The highest BCUT2D eigenvalue weighted by Gasteiger charge is 2.73. The summed E-state index contributed by atoms with van der Waals surface area (Å²) in [5, 5.41) is 7.44. The predicted molar refractivity (Wildman–Crippen MR) is 103 cm³/mol. The van der Waals surface area contributed by atoms with E-state index < -0.39 is 68.8 Å². The van der Waals surface area contributed by atoms with Gasteiger partial charge in [0.1, 0.15) is 0 Å². The summed E-state index contributed by atoms with van der Waals surface area (Å²) < 4.78 is 110. The van der Waals surface area contributed by atoms with Gasteiger partial charge in [-0.3, -0.25) is 0 Å². The van der Waals surface area contributed by atoms with Crippen LogP contribution in [0.15, 0.2) is 10.2 Å². The quantitative estimate of drug-likeness (QED) is 0.222. The van der Waals surface area contributed by atoms with E-state index in [1.165, 1.54) is 0 Å². The zero-order chi connectivity index (χ0) is 25.0. The Kier molecular flexibility index (Phi) is 7.74. The van der Waals surface area contributed by atoms with Gasteiger partial charge in [0, 0.05) is 23.3 Å². The van der Waals surface area contributed by atoms with Crippen molar-refractivity contribution in [3.63, 3.8) is 0 Å². The number of nitrogens with zero attached hydrogens (tertiary/aromatic N) is 2. The maximum Gasteiger partial charge on any atom is 0.357 e. The Labute approximate surface area is 196 Å². The van der Waals surface area contributed by atoms with Crippen molar-refractivity contribution in [3.05, 3.63) is 0 Å². The van der Waals surface area contributed by atoms with Crippen LogP contribution in [-0.2, 0) is 0 Å². The molecule has 2 saturated carbocycles. The van der Waals surface area contributed by atoms with Gasteiger partial charge in [-0.15, -0.1) is 0 Å². The zero-order valence-electron chi connectivity index (χ0n) is 15.7. The van der Waals surface area contributed by atoms with Crippen molar-refractivity contribution in [2.24, 2.45) is 22.0 Å². The van der Waals surface area contributed by atoms with E-state index in [2.05, 4.69) is 10.2 Å². The molecule has 0 spiro atoms. The number of halogens is 12. The molecule has 2 aliphatic carbocycles. The molecule has 2 fully saturated rings. The van der Waals surface area contributed by atoms with Crippen molar-refractivity contribution in [2.45, 2.75) is 71.3 Å². The van der Waals surface area contributed by atoms with Gasteiger partial charge in [-0.2, -0.15) is 45.3 Å². The van der Waals surface area contributed by atoms with E-state index >= 15 is 0 Å². The van der Waals surface area contributed by atoms with E-state index in [0.29, 0.717) is 0 Å². The van der Waals surface area contributed by atoms with Crippen LogP contribution in [-0.4, -0.2) is 54.4 Å². The molecule has 0 saturated heterocycles. The fraction of sp³-hybridized carbons (Fsp3) is 0.875. The van der Waals surface area contributed by atoms with Gasteiger partial charge in [0.05, 0.1) is 0 Å². The Morgan fingerprint density at radius 3 is 1.06 bits per heavy atom. The van der Waals surface area contributed by atoms with E-state index in [1.54, 1.807) is 0 Å². The average Bonchev–Trinajstić information content (AvgIpc) is 3.23. The van der Waals surface area contributed by atoms with Gasteiger partial charge >= 0.3 is 21.5 Å². The summed E-state index contributed by atoms with van der Waals surface area (Å²) in [7, 11) is 0. The summed E-state index contributed by atoms with van der Waals surface area (Å²) in [5.41, 5.74) is -9.66. The molecule has 0 aromatic heterocycles. The normalized spacial score (nSPS) is 27.1. The van der Waals surface area contributed by atoms with Gasteiger partial charge in [-0.05, 0) is 84.9 Å². The second kappa shape index (κ2) is 8.82. The molecule has 2 N–H and O–H groups in total. The van der Waals surface area contributed by atoms with Crippen molar-refractivity contribution in [1.82, 2.24) is 0 Å². The molecule has 186 valence electrons. The largest absolute Gasteiger partial charge is 0.376 e. The summed E-state index contributed by atoms with van der Waals surface area (Å²) in [6, 6.07) is 0. The molecule has 4 nitrogen and oxygen atoms in total. The van der Waals surface area contributed by atoms with Crippen LogP contribution in [0.2, 0.25) is 0 Å². The third kappa shape index (κ3) is 4.68. The molecule has 2 rings (SSSR count). The highest BCUT2D eigenvalue weighted by atomic mass is 35.5. The lowest BCUT2D eigenvalue weighted by Crippen LogP contribution is -2.62. The number of hydrogen-bond acceptors (Lipinski definition) is 4. The molecule has 32 heavy (non-hydrogen) atoms. The van der Waals surface area contributed by atoms with Crippen LogP contribution >= 0.6 is 46.4 Å². The lowest BCUT2D eigenvalue weighted by Gasteiger charge is -2.39. The maximum atomic E-state index is 13.7. The van der Waals surface area contributed by atoms with Crippen molar-refractivity contribution in [1.29, 1.82) is 0 Å². The summed E-state index contributed by atoms with van der Waals surface area (Å²) in [6.45, 7) is 0. The highest BCUT2D eigenvalue weighted by molar-refractivity contribution is 6.27. The third-order valence-corrected chi connectivity index (χ3v) is 6.85. The standard InChI is InChI=1S/C16H16Cl4F8N2O2/c17-13(21,22)11(31,14(18,23)24)7-3-1-5-9(7)29-30-10-6-2-4-8(10)12(32,15(19,25)26)16(20,27)28/h7-8,31-32H,1-6H2/b29-9-,30-10-/t7-,8-/m0/s1. The van der Waals surface area contributed by atoms with Gasteiger partial charge in [-0.25, -0.2) is 0 Å². The lowest BCUT2D eigenvalue weighted by atomic mass is 9.84. The molecule has 0 amide bonds. The van der Waals surface area contributed by atoms with Gasteiger partial charge < -0.3 is 10.2 Å². The number of rotatable bonds is 7. The van der Waals surface area contributed by atoms with E-state index in [1.807, 2.05) is 0 Å². The Hall–Kier alpha value is -0.140. The smallest absolute Gasteiger partial charge is 0.357 e. The lowest BCUT2D eigenvalue weighted by molar-refractivity contribution is -0.232. The third-order valence-electron chi connectivity index (χ3n) is 5.70. The minimum Gasteiger partial charge on any atom is -0.376 e. The molecule has 0 unspecified atom stereocenters. The number of hydrogen-bond donors (Lipinski definition) is 2. The number of aliphatic hydroxyl groups is 2. The summed E-state index contributed by atoms with van der Waals surface area (Å²) in [5.74, 6) is -4.20. The Balaban J connectivity index is 2.51. The van der Waals surface area contributed by atoms with Crippen molar-refractivity contribution >= 4 is 57.8 Å². The van der Waals surface area contributed by atoms with E-state index in [9.17, 15) is 45.3 Å². The van der Waals surface area contributed by atoms with E-state index in [4.69, 9.17) is 46.4 Å². The predicted octanol–water partition coefficient (Wildman–Crippen LogP) is 6.17. The average molecular weight is 562 g/mol. The summed E-state index contributed by atoms with van der Waals surface area (Å²) in [4.78, 5) is 0. The van der Waals surface area contributed by atoms with Crippen molar-refractivity contribution in [2.75, 3.05) is 0 Å². The monoisotopic (exact) mass is 560 g/mol. The fourth-order valence-electron chi connectivity index (χ4n) is 4.04. The first-order valence-corrected chi connectivity index (χ1v) is 10.6. The molecule has 16 heteroatoms. The van der Waals surface area contributed by atoms with Crippen LogP contribution < -0.4 is 0 Å². The maximum absolute atomic E-state index is 13.7. The van der Waals surface area contributed by atoms with Gasteiger partial charge in [0.2, 0.25) is 11.2 Å². The van der Waals surface area contributed by atoms with Crippen LogP contribution in [0.25, 0.3) is 0 Å². The Morgan fingerprint density at radius 1 is 0.594 bits per heavy atom. The molecular formula is C16H16Cl4F8N2O2. The van der Waals surface area contributed by atoms with Crippen LogP contribution in [0, 0.1) is 11.8 Å². The van der Waals surface area contributed by atoms with Crippen molar-refractivity contribution in [3.8, 4) is 0 Å². The van der Waals surface area contributed by atoms with Crippen LogP contribution in [0.1, 0.15) is 38.5 Å². The molecule has 0 radical (unpaired) electrons. The molecule has 0 aliphatic heterocycles. The molecule has 2 aliphatic rings. The van der Waals surface area contributed by atoms with Crippen LogP contribution in [0.4, 0.5) is 35.1 Å². The van der Waals surface area contributed by atoms with Gasteiger partial charge in [0.25, 0.3) is 0 Å². The second-order valence-corrected chi connectivity index (χ2v) is 9.49. The topological polar surface area (TPSA) is 65.2 Å². The molecular weight excluding hydrogens is 546 g/mol. The molecule has 0 bridgehead atoms. The van der Waals surface area contributed by atoms with E-state index in [0.717, 1.165) is 0 Å². The molecule has 0 aromatic rings. The first kappa shape index (κ1) is 28.1. The second-order valence-electron chi connectivity index (χ2n) is 7.60. The minimum absolute atomic E-state index is 0.0243. The first-order chi connectivity index (χ1) is 14.2. The Bertz CT molecular complexity index is 682. The fourth-order valence-corrected chi connectivity index (χ4v) is 5.13. The molecule has 2 atom stereocenters. The van der Waals surface area contributed by atoms with Gasteiger partial charge in [-0.1, -0.05) is 0 Å². The number of alkyl halides is 12.